The van der Waals surface area contributed by atoms with Gasteiger partial charge in [0.25, 0.3) is 0 Å². The van der Waals surface area contributed by atoms with E-state index < -0.39 is 0 Å². The third-order valence-corrected chi connectivity index (χ3v) is 3.84. The molecule has 0 aliphatic heterocycles. The van der Waals surface area contributed by atoms with Crippen LogP contribution in [0, 0.1) is 12.3 Å². The lowest BCUT2D eigenvalue weighted by Crippen LogP contribution is -1.95. The van der Waals surface area contributed by atoms with Gasteiger partial charge in [-0.2, -0.15) is 0 Å². The molecule has 0 nitrogen and oxygen atoms in total. The van der Waals surface area contributed by atoms with E-state index in [-0.39, 0.29) is 0 Å². The summed E-state index contributed by atoms with van der Waals surface area (Å²) in [6, 6.07) is 15.5. The number of hydrogen-bond donors (Lipinski definition) is 0. The van der Waals surface area contributed by atoms with Crippen molar-refractivity contribution in [3.05, 3.63) is 70.3 Å². The largest absolute Gasteiger partial charge is 0.115 e. The SMILES string of the molecule is C#Cc1cc(CCc2ccc(CC)cc2)ccc1CC. The van der Waals surface area contributed by atoms with Crippen LogP contribution in [0.3, 0.4) is 0 Å². The van der Waals surface area contributed by atoms with E-state index in [0.29, 0.717) is 0 Å². The van der Waals surface area contributed by atoms with Crippen molar-refractivity contribution in [2.24, 2.45) is 0 Å². The molecule has 2 rings (SSSR count). The van der Waals surface area contributed by atoms with Gasteiger partial charge in [0.2, 0.25) is 0 Å². The molecule has 0 heterocycles. The third-order valence-electron chi connectivity index (χ3n) is 3.84. The van der Waals surface area contributed by atoms with E-state index in [9.17, 15) is 0 Å². The van der Waals surface area contributed by atoms with Crippen molar-refractivity contribution in [3.63, 3.8) is 0 Å². The molecule has 0 saturated heterocycles. The van der Waals surface area contributed by atoms with Crippen LogP contribution in [0.2, 0.25) is 0 Å². The lowest BCUT2D eigenvalue weighted by Gasteiger charge is -2.07. The van der Waals surface area contributed by atoms with Crippen molar-refractivity contribution in [2.45, 2.75) is 39.5 Å². The first-order valence-corrected chi connectivity index (χ1v) is 7.43. The second-order valence-electron chi connectivity index (χ2n) is 5.16. The summed E-state index contributed by atoms with van der Waals surface area (Å²) in [6.07, 6.45) is 9.80. The van der Waals surface area contributed by atoms with Crippen LogP contribution in [0.5, 0.6) is 0 Å². The Morgan fingerprint density at radius 3 is 2.00 bits per heavy atom. The predicted octanol–water partition coefficient (Wildman–Crippen LogP) is 4.58. The topological polar surface area (TPSA) is 0 Å². The van der Waals surface area contributed by atoms with Crippen LogP contribution >= 0.6 is 0 Å². The van der Waals surface area contributed by atoms with Crippen molar-refractivity contribution in [1.82, 2.24) is 0 Å². The molecule has 0 fully saturated rings. The number of rotatable bonds is 5. The fourth-order valence-corrected chi connectivity index (χ4v) is 2.45. The Morgan fingerprint density at radius 2 is 1.40 bits per heavy atom. The third kappa shape index (κ3) is 3.52. The highest BCUT2D eigenvalue weighted by atomic mass is 14.1. The van der Waals surface area contributed by atoms with Gasteiger partial charge in [-0.15, -0.1) is 6.42 Å². The Labute approximate surface area is 122 Å². The van der Waals surface area contributed by atoms with Gasteiger partial charge in [0.1, 0.15) is 0 Å². The van der Waals surface area contributed by atoms with Crippen LogP contribution in [-0.4, -0.2) is 0 Å². The highest BCUT2D eigenvalue weighted by Crippen LogP contribution is 2.15. The smallest absolute Gasteiger partial charge is 0.0277 e. The second kappa shape index (κ2) is 6.96. The Bertz CT molecular complexity index is 597. The summed E-state index contributed by atoms with van der Waals surface area (Å²) in [5.41, 5.74) is 6.43. The molecule has 0 amide bonds. The van der Waals surface area contributed by atoms with E-state index in [4.69, 9.17) is 6.42 Å². The van der Waals surface area contributed by atoms with Crippen LogP contribution in [0.25, 0.3) is 0 Å². The van der Waals surface area contributed by atoms with Gasteiger partial charge in [-0.1, -0.05) is 56.2 Å². The quantitative estimate of drug-likeness (QED) is 0.692. The van der Waals surface area contributed by atoms with Crippen LogP contribution in [0.1, 0.15) is 41.7 Å². The van der Waals surface area contributed by atoms with Crippen molar-refractivity contribution in [1.29, 1.82) is 0 Å². The van der Waals surface area contributed by atoms with Gasteiger partial charge in [0.15, 0.2) is 0 Å². The van der Waals surface area contributed by atoms with Gasteiger partial charge in [-0.3, -0.25) is 0 Å². The molecular formula is C20H22. The fourth-order valence-electron chi connectivity index (χ4n) is 2.45. The monoisotopic (exact) mass is 262 g/mol. The molecule has 0 aliphatic rings. The van der Waals surface area contributed by atoms with Crippen molar-refractivity contribution >= 4 is 0 Å². The van der Waals surface area contributed by atoms with E-state index in [2.05, 4.69) is 62.2 Å². The molecule has 0 N–H and O–H groups in total. The van der Waals surface area contributed by atoms with E-state index >= 15 is 0 Å². The highest BCUT2D eigenvalue weighted by molar-refractivity contribution is 5.43. The minimum Gasteiger partial charge on any atom is -0.115 e. The summed E-state index contributed by atoms with van der Waals surface area (Å²) in [5, 5.41) is 0. The average Bonchev–Trinajstić information content (AvgIpc) is 2.53. The zero-order valence-corrected chi connectivity index (χ0v) is 12.4. The second-order valence-corrected chi connectivity index (χ2v) is 5.16. The zero-order valence-electron chi connectivity index (χ0n) is 12.4. The molecule has 0 unspecified atom stereocenters. The molecular weight excluding hydrogens is 240 g/mol. The summed E-state index contributed by atoms with van der Waals surface area (Å²) in [7, 11) is 0. The molecule has 20 heavy (non-hydrogen) atoms. The molecule has 0 bridgehead atoms. The molecule has 0 aromatic heterocycles. The van der Waals surface area contributed by atoms with Crippen LogP contribution < -0.4 is 0 Å². The lowest BCUT2D eigenvalue weighted by atomic mass is 9.98. The summed E-state index contributed by atoms with van der Waals surface area (Å²) in [5.74, 6) is 2.80. The number of benzene rings is 2. The molecule has 0 aliphatic carbocycles. The van der Waals surface area contributed by atoms with Crippen LogP contribution in [0.4, 0.5) is 0 Å². The molecule has 0 radical (unpaired) electrons. The van der Waals surface area contributed by atoms with Gasteiger partial charge in [-0.05, 0) is 54.0 Å². The molecule has 0 spiro atoms. The summed E-state index contributed by atoms with van der Waals surface area (Å²) in [6.45, 7) is 4.33. The maximum absolute atomic E-state index is 5.58. The van der Waals surface area contributed by atoms with Gasteiger partial charge in [-0.25, -0.2) is 0 Å². The van der Waals surface area contributed by atoms with E-state index in [1.807, 2.05) is 0 Å². The maximum Gasteiger partial charge on any atom is 0.0277 e. The predicted molar refractivity (Wildman–Crippen MR) is 87.0 cm³/mol. The Hall–Kier alpha value is -2.00. The number of aryl methyl sites for hydroxylation is 4. The number of terminal acetylenes is 1. The molecule has 2 aromatic rings. The first kappa shape index (κ1) is 14.4. The van der Waals surface area contributed by atoms with E-state index in [0.717, 1.165) is 31.2 Å². The normalized spacial score (nSPS) is 10.2. The van der Waals surface area contributed by atoms with Crippen LogP contribution in [0.15, 0.2) is 42.5 Å². The Balaban J connectivity index is 2.05. The highest BCUT2D eigenvalue weighted by Gasteiger charge is 2.01. The minimum absolute atomic E-state index is 0.998. The standard InChI is InChI=1S/C20H22/c1-4-16-7-9-17(10-8-16)11-12-18-13-14-19(5-2)20(6-3)15-18/h3,7-10,13-15H,4-5,11-12H2,1-2H3. The molecule has 0 atom stereocenters. The molecule has 102 valence electrons. The molecule has 0 saturated carbocycles. The Morgan fingerprint density at radius 1 is 0.800 bits per heavy atom. The fraction of sp³-hybridized carbons (Fsp3) is 0.300. The molecule has 2 aromatic carbocycles. The zero-order chi connectivity index (χ0) is 14.4. The van der Waals surface area contributed by atoms with Crippen LogP contribution in [-0.2, 0) is 25.7 Å². The maximum atomic E-state index is 5.58. The van der Waals surface area contributed by atoms with Crippen molar-refractivity contribution in [3.8, 4) is 12.3 Å². The van der Waals surface area contributed by atoms with E-state index in [1.54, 1.807) is 0 Å². The summed E-state index contributed by atoms with van der Waals surface area (Å²) >= 11 is 0. The van der Waals surface area contributed by atoms with Gasteiger partial charge >= 0.3 is 0 Å². The first-order chi connectivity index (χ1) is 9.76. The van der Waals surface area contributed by atoms with Gasteiger partial charge in [0.05, 0.1) is 0 Å². The van der Waals surface area contributed by atoms with Crippen molar-refractivity contribution in [2.75, 3.05) is 0 Å². The summed E-state index contributed by atoms with van der Waals surface area (Å²) < 4.78 is 0. The first-order valence-electron chi connectivity index (χ1n) is 7.43. The average molecular weight is 262 g/mol. The lowest BCUT2D eigenvalue weighted by molar-refractivity contribution is 0.953. The molecule has 0 heteroatoms. The van der Waals surface area contributed by atoms with Crippen molar-refractivity contribution < 1.29 is 0 Å². The van der Waals surface area contributed by atoms with Gasteiger partial charge in [0, 0.05) is 5.56 Å². The van der Waals surface area contributed by atoms with Gasteiger partial charge < -0.3 is 0 Å². The minimum atomic E-state index is 0.998. The Kier molecular flexibility index (Phi) is 5.02. The number of hydrogen-bond acceptors (Lipinski definition) is 0. The summed E-state index contributed by atoms with van der Waals surface area (Å²) in [4.78, 5) is 0. The van der Waals surface area contributed by atoms with E-state index in [1.165, 1.54) is 22.3 Å².